The molecule has 4 unspecified atom stereocenters. The van der Waals surface area contributed by atoms with E-state index >= 15 is 0 Å². The zero-order valence-electron chi connectivity index (χ0n) is 19.2. The lowest BCUT2D eigenvalue weighted by Gasteiger charge is -2.23. The van der Waals surface area contributed by atoms with Gasteiger partial charge in [0, 0.05) is 0 Å². The molecule has 182 valence electrons. The Bertz CT molecular complexity index is 1240. The predicted molar refractivity (Wildman–Crippen MR) is 130 cm³/mol. The average Bonchev–Trinajstić information content (AvgIpc) is 3.24. The molecule has 8 nitrogen and oxygen atoms in total. The standard InChI is InChI=1S/C28H23NO7/c1-2-29-25-24(36-28(32)21-16-10-5-11-17-21)23(35-27(31)20-14-8-4-9-15-20)22(34-25)18-33-26(30)19-12-6-3-7-13-19/h3-17,22-25H,1,18H2. The van der Waals surface area contributed by atoms with Crippen molar-refractivity contribution in [3.8, 4) is 0 Å². The summed E-state index contributed by atoms with van der Waals surface area (Å²) in [5.74, 6) is 0.481. The van der Waals surface area contributed by atoms with Crippen molar-refractivity contribution in [1.82, 2.24) is 0 Å². The number of benzene rings is 3. The molecule has 3 aromatic carbocycles. The minimum absolute atomic E-state index is 0.275. The summed E-state index contributed by atoms with van der Waals surface area (Å²) in [6.45, 7) is 3.19. The number of ether oxygens (including phenoxy) is 4. The number of hydrogen-bond acceptors (Lipinski definition) is 8. The van der Waals surface area contributed by atoms with Gasteiger partial charge in [0.25, 0.3) is 0 Å². The van der Waals surface area contributed by atoms with E-state index < -0.39 is 42.4 Å². The highest BCUT2D eigenvalue weighted by Gasteiger charge is 2.50. The van der Waals surface area contributed by atoms with Crippen LogP contribution in [0.25, 0.3) is 0 Å². The highest BCUT2D eigenvalue weighted by molar-refractivity contribution is 5.91. The predicted octanol–water partition coefficient (Wildman–Crippen LogP) is 3.88. The normalized spacial score (nSPS) is 20.6. The molecule has 3 aromatic rings. The molecule has 1 heterocycles. The second kappa shape index (κ2) is 11.8. The Morgan fingerprint density at radius 3 is 1.64 bits per heavy atom. The van der Waals surface area contributed by atoms with Crippen LogP contribution < -0.4 is 0 Å². The van der Waals surface area contributed by atoms with Crippen molar-refractivity contribution in [1.29, 1.82) is 0 Å². The summed E-state index contributed by atoms with van der Waals surface area (Å²) in [6.07, 6.45) is -4.32. The SMILES string of the molecule is C=C=NC1OC(COC(=O)c2ccccc2)C(OC(=O)c2ccccc2)C1OC(=O)c1ccccc1. The zero-order valence-corrected chi connectivity index (χ0v) is 19.2. The van der Waals surface area contributed by atoms with Gasteiger partial charge in [-0.2, -0.15) is 0 Å². The lowest BCUT2D eigenvalue weighted by Crippen LogP contribution is -2.41. The molecule has 0 aromatic heterocycles. The van der Waals surface area contributed by atoms with Gasteiger partial charge in [-0.3, -0.25) is 0 Å². The number of rotatable bonds is 8. The summed E-state index contributed by atoms with van der Waals surface area (Å²) >= 11 is 0. The van der Waals surface area contributed by atoms with Crippen molar-refractivity contribution in [3.05, 3.63) is 114 Å². The highest BCUT2D eigenvalue weighted by Crippen LogP contribution is 2.30. The molecule has 0 bridgehead atoms. The molecule has 4 rings (SSSR count). The van der Waals surface area contributed by atoms with Crippen LogP contribution in [0.4, 0.5) is 0 Å². The van der Waals surface area contributed by atoms with E-state index in [4.69, 9.17) is 18.9 Å². The van der Waals surface area contributed by atoms with E-state index in [9.17, 15) is 14.4 Å². The molecule has 0 N–H and O–H groups in total. The smallest absolute Gasteiger partial charge is 0.338 e. The number of carbonyl (C=O) groups is 3. The first-order valence-electron chi connectivity index (χ1n) is 11.2. The fraction of sp³-hybridized carbons (Fsp3) is 0.179. The Morgan fingerprint density at radius 1 is 0.722 bits per heavy atom. The van der Waals surface area contributed by atoms with Crippen LogP contribution in [-0.2, 0) is 18.9 Å². The fourth-order valence-electron chi connectivity index (χ4n) is 3.65. The van der Waals surface area contributed by atoms with Crippen molar-refractivity contribution in [2.24, 2.45) is 4.99 Å². The molecule has 0 radical (unpaired) electrons. The van der Waals surface area contributed by atoms with Gasteiger partial charge in [-0.1, -0.05) is 54.6 Å². The molecule has 0 aliphatic carbocycles. The third-order valence-electron chi connectivity index (χ3n) is 5.40. The molecule has 0 amide bonds. The minimum atomic E-state index is -1.14. The van der Waals surface area contributed by atoms with Crippen LogP contribution in [0.2, 0.25) is 0 Å². The van der Waals surface area contributed by atoms with Crippen LogP contribution in [0.3, 0.4) is 0 Å². The molecule has 36 heavy (non-hydrogen) atoms. The quantitative estimate of drug-likeness (QED) is 0.271. The van der Waals surface area contributed by atoms with Gasteiger partial charge in [0.2, 0.25) is 0 Å². The Morgan fingerprint density at radius 2 is 1.17 bits per heavy atom. The molecule has 1 saturated heterocycles. The van der Waals surface area contributed by atoms with Crippen LogP contribution in [0.5, 0.6) is 0 Å². The number of hydrogen-bond donors (Lipinski definition) is 0. The van der Waals surface area contributed by atoms with Crippen molar-refractivity contribution in [2.45, 2.75) is 24.5 Å². The molecule has 4 atom stereocenters. The van der Waals surface area contributed by atoms with Crippen LogP contribution in [-0.4, -0.2) is 54.9 Å². The summed E-state index contributed by atoms with van der Waals surface area (Å²) in [4.78, 5) is 42.2. The van der Waals surface area contributed by atoms with E-state index in [0.717, 1.165) is 0 Å². The first-order valence-corrected chi connectivity index (χ1v) is 11.2. The van der Waals surface area contributed by atoms with Crippen LogP contribution in [0, 0.1) is 0 Å². The maximum atomic E-state index is 12.9. The molecular formula is C28H23NO7. The Balaban J connectivity index is 1.58. The second-order valence-corrected chi connectivity index (χ2v) is 7.79. The van der Waals surface area contributed by atoms with E-state index in [0.29, 0.717) is 16.7 Å². The largest absolute Gasteiger partial charge is 0.459 e. The number of esters is 3. The van der Waals surface area contributed by atoms with Gasteiger partial charge in [0.1, 0.15) is 12.7 Å². The Hall–Kier alpha value is -4.52. The van der Waals surface area contributed by atoms with E-state index in [2.05, 4.69) is 17.4 Å². The Kier molecular flexibility index (Phi) is 8.03. The van der Waals surface area contributed by atoms with Crippen LogP contribution >= 0.6 is 0 Å². The fourth-order valence-corrected chi connectivity index (χ4v) is 3.65. The maximum Gasteiger partial charge on any atom is 0.338 e. The van der Waals surface area contributed by atoms with Gasteiger partial charge in [0.05, 0.1) is 16.7 Å². The average molecular weight is 485 g/mol. The summed E-state index contributed by atoms with van der Waals surface area (Å²) in [5.41, 5.74) is 0.938. The van der Waals surface area contributed by atoms with Crippen LogP contribution in [0.1, 0.15) is 31.1 Å². The van der Waals surface area contributed by atoms with E-state index in [-0.39, 0.29) is 6.61 Å². The highest BCUT2D eigenvalue weighted by atomic mass is 16.7. The molecule has 1 fully saturated rings. The minimum Gasteiger partial charge on any atom is -0.459 e. The summed E-state index contributed by atoms with van der Waals surface area (Å²) in [6, 6.07) is 25.1. The molecule has 1 aliphatic heterocycles. The zero-order chi connectivity index (χ0) is 25.3. The number of nitrogens with zero attached hydrogens (tertiary/aromatic N) is 1. The first-order chi connectivity index (χ1) is 17.6. The van der Waals surface area contributed by atoms with Gasteiger partial charge in [0.15, 0.2) is 18.4 Å². The molecule has 1 aliphatic rings. The third kappa shape index (κ3) is 5.93. The van der Waals surface area contributed by atoms with Crippen molar-refractivity contribution >= 4 is 23.8 Å². The monoisotopic (exact) mass is 485 g/mol. The number of carbonyl (C=O) groups excluding carboxylic acids is 3. The van der Waals surface area contributed by atoms with Crippen molar-refractivity contribution in [3.63, 3.8) is 0 Å². The van der Waals surface area contributed by atoms with Gasteiger partial charge in [-0.15, -0.1) is 0 Å². The summed E-state index contributed by atoms with van der Waals surface area (Å²) < 4.78 is 22.7. The van der Waals surface area contributed by atoms with Crippen molar-refractivity contribution in [2.75, 3.05) is 6.61 Å². The van der Waals surface area contributed by atoms with E-state index in [1.165, 1.54) is 0 Å². The lowest BCUT2D eigenvalue weighted by atomic mass is 10.1. The van der Waals surface area contributed by atoms with Gasteiger partial charge in [-0.05, 0) is 48.8 Å². The van der Waals surface area contributed by atoms with Gasteiger partial charge >= 0.3 is 17.9 Å². The molecule has 0 saturated carbocycles. The van der Waals surface area contributed by atoms with Gasteiger partial charge < -0.3 is 18.9 Å². The van der Waals surface area contributed by atoms with E-state index in [1.807, 2.05) is 0 Å². The number of aliphatic imine (C=N–C) groups is 1. The van der Waals surface area contributed by atoms with Gasteiger partial charge in [-0.25, -0.2) is 19.4 Å². The second-order valence-electron chi connectivity index (χ2n) is 7.79. The molecule has 8 heteroatoms. The van der Waals surface area contributed by atoms with Crippen molar-refractivity contribution < 1.29 is 33.3 Å². The van der Waals surface area contributed by atoms with Crippen LogP contribution in [0.15, 0.2) is 103 Å². The first kappa shape index (κ1) is 24.6. The molecular weight excluding hydrogens is 462 g/mol. The maximum absolute atomic E-state index is 12.9. The summed E-state index contributed by atoms with van der Waals surface area (Å²) in [7, 11) is 0. The third-order valence-corrected chi connectivity index (χ3v) is 5.40. The lowest BCUT2D eigenvalue weighted by molar-refractivity contribution is -0.0445. The topological polar surface area (TPSA) is 100 Å². The Labute approximate surface area is 207 Å². The molecule has 0 spiro atoms. The summed E-state index contributed by atoms with van der Waals surface area (Å²) in [5, 5.41) is 0. The van der Waals surface area contributed by atoms with E-state index in [1.54, 1.807) is 91.0 Å².